The molecule has 1 aliphatic rings. The van der Waals surface area contributed by atoms with Crippen molar-refractivity contribution in [3.05, 3.63) is 11.3 Å². The molecular formula is C16H29N5O3S. The summed E-state index contributed by atoms with van der Waals surface area (Å²) < 4.78 is 31.6. The molecule has 0 spiro atoms. The van der Waals surface area contributed by atoms with Crippen molar-refractivity contribution >= 4 is 27.2 Å². The van der Waals surface area contributed by atoms with Crippen molar-refractivity contribution in [2.24, 2.45) is 0 Å². The van der Waals surface area contributed by atoms with E-state index in [0.717, 1.165) is 22.6 Å². The number of nitrogens with one attached hydrogen (secondary N) is 1. The first-order valence-corrected chi connectivity index (χ1v) is 10.2. The van der Waals surface area contributed by atoms with Gasteiger partial charge in [0.2, 0.25) is 10.0 Å². The Hall–Kier alpha value is -1.58. The van der Waals surface area contributed by atoms with Crippen LogP contribution in [0.2, 0.25) is 0 Å². The van der Waals surface area contributed by atoms with Crippen molar-refractivity contribution in [2.45, 2.75) is 40.2 Å². The number of hydrogen-bond acceptors (Lipinski definition) is 7. The number of nitrogen functional groups attached to an aromatic ring is 1. The Morgan fingerprint density at radius 2 is 1.92 bits per heavy atom. The summed E-state index contributed by atoms with van der Waals surface area (Å²) in [6.07, 6.45) is 1.17. The number of ether oxygens (including phenoxy) is 1. The number of nitrogens with two attached hydrogens (primary N) is 1. The van der Waals surface area contributed by atoms with Crippen molar-refractivity contribution in [3.63, 3.8) is 0 Å². The number of sulfonamides is 1. The van der Waals surface area contributed by atoms with Crippen LogP contribution in [0.5, 0.6) is 0 Å². The molecule has 0 aliphatic carbocycles. The molecule has 1 aliphatic heterocycles. The van der Waals surface area contributed by atoms with Crippen LogP contribution >= 0.6 is 0 Å². The van der Waals surface area contributed by atoms with Crippen molar-refractivity contribution in [2.75, 3.05) is 48.3 Å². The van der Waals surface area contributed by atoms with E-state index in [-0.39, 0.29) is 0 Å². The number of aryl methyl sites for hydroxylation is 1. The molecule has 0 amide bonds. The molecule has 0 fully saturated rings. The summed E-state index contributed by atoms with van der Waals surface area (Å²) in [4.78, 5) is 8.60. The molecule has 25 heavy (non-hydrogen) atoms. The number of hydrogen-bond donors (Lipinski definition) is 2. The number of fused-ring (bicyclic) bond motifs is 1. The normalized spacial score (nSPS) is 15.0. The van der Waals surface area contributed by atoms with Gasteiger partial charge < -0.3 is 20.3 Å². The molecule has 0 saturated heterocycles. The minimum Gasteiger partial charge on any atom is -0.382 e. The maximum atomic E-state index is 11.7. The van der Waals surface area contributed by atoms with Crippen LogP contribution in [0.25, 0.3) is 0 Å². The summed E-state index contributed by atoms with van der Waals surface area (Å²) in [6, 6.07) is 0. The van der Waals surface area contributed by atoms with E-state index in [1.54, 1.807) is 0 Å². The minimum absolute atomic E-state index is 0.411. The fraction of sp³-hybridized carbons (Fsp3) is 0.688. The van der Waals surface area contributed by atoms with E-state index < -0.39 is 15.6 Å². The molecule has 0 saturated carbocycles. The molecule has 0 unspecified atom stereocenters. The molecule has 1 aromatic rings. The third-order valence-electron chi connectivity index (χ3n) is 4.13. The van der Waals surface area contributed by atoms with E-state index >= 15 is 0 Å². The van der Waals surface area contributed by atoms with Crippen LogP contribution in [-0.2, 0) is 14.8 Å². The van der Waals surface area contributed by atoms with Crippen LogP contribution in [0.15, 0.2) is 0 Å². The van der Waals surface area contributed by atoms with Crippen LogP contribution in [0.3, 0.4) is 0 Å². The Kier molecular flexibility index (Phi) is 5.50. The van der Waals surface area contributed by atoms with E-state index in [0.29, 0.717) is 32.4 Å². The number of aromatic nitrogens is 1. The van der Waals surface area contributed by atoms with Gasteiger partial charge in [-0.05, 0) is 40.2 Å². The maximum absolute atomic E-state index is 11.7. The monoisotopic (exact) mass is 371 g/mol. The minimum atomic E-state index is -3.31. The Bertz CT molecular complexity index is 749. The average molecular weight is 372 g/mol. The fourth-order valence-electron chi connectivity index (χ4n) is 3.28. The zero-order chi connectivity index (χ0) is 19.0. The lowest BCUT2D eigenvalue weighted by atomic mass is 10.1. The predicted molar refractivity (Wildman–Crippen MR) is 101 cm³/mol. The highest BCUT2D eigenvalue weighted by Crippen LogP contribution is 2.43. The standard InChI is InChI=1S/C16H29N5O3S/c1-7-24-10-21-9-20(8-16(4,5)19-25(6,22)23)13-11(2)12(3)18-15(17)14(13)21/h19H,7-10H2,1-6H3,(H2,17,18). The fourth-order valence-corrected chi connectivity index (χ4v) is 4.35. The van der Waals surface area contributed by atoms with E-state index in [2.05, 4.69) is 14.6 Å². The second-order valence-electron chi connectivity index (χ2n) is 7.16. The molecule has 0 atom stereocenters. The molecule has 142 valence electrons. The largest absolute Gasteiger partial charge is 0.382 e. The maximum Gasteiger partial charge on any atom is 0.209 e. The smallest absolute Gasteiger partial charge is 0.209 e. The summed E-state index contributed by atoms with van der Waals surface area (Å²) in [7, 11) is -3.31. The molecule has 0 bridgehead atoms. The van der Waals surface area contributed by atoms with Crippen LogP contribution in [0, 0.1) is 13.8 Å². The van der Waals surface area contributed by atoms with Gasteiger partial charge in [-0.2, -0.15) is 0 Å². The Morgan fingerprint density at radius 1 is 1.28 bits per heavy atom. The van der Waals surface area contributed by atoms with Gasteiger partial charge in [0.05, 0.1) is 18.6 Å². The van der Waals surface area contributed by atoms with Crippen LogP contribution in [-0.4, -0.2) is 51.7 Å². The first-order valence-electron chi connectivity index (χ1n) is 8.28. The van der Waals surface area contributed by atoms with Gasteiger partial charge in [0.15, 0.2) is 0 Å². The lowest BCUT2D eigenvalue weighted by Crippen LogP contribution is -2.52. The van der Waals surface area contributed by atoms with Gasteiger partial charge in [-0.15, -0.1) is 0 Å². The zero-order valence-corrected chi connectivity index (χ0v) is 16.7. The molecule has 0 radical (unpaired) electrons. The highest BCUT2D eigenvalue weighted by molar-refractivity contribution is 7.88. The van der Waals surface area contributed by atoms with Gasteiger partial charge in [-0.1, -0.05) is 0 Å². The first-order chi connectivity index (χ1) is 11.4. The number of nitrogens with zero attached hydrogens (tertiary/aromatic N) is 3. The molecule has 3 N–H and O–H groups in total. The SMILES string of the molecule is CCOCN1CN(CC(C)(C)NS(C)(=O)=O)c2c(C)c(C)nc(N)c21. The van der Waals surface area contributed by atoms with Crippen molar-refractivity contribution in [3.8, 4) is 0 Å². The van der Waals surface area contributed by atoms with Crippen LogP contribution in [0.1, 0.15) is 32.0 Å². The third-order valence-corrected chi connectivity index (χ3v) is 5.05. The highest BCUT2D eigenvalue weighted by atomic mass is 32.2. The van der Waals surface area contributed by atoms with Crippen LogP contribution < -0.4 is 20.3 Å². The number of anilines is 3. The molecule has 2 heterocycles. The number of rotatable bonds is 7. The van der Waals surface area contributed by atoms with Crippen molar-refractivity contribution in [1.82, 2.24) is 9.71 Å². The van der Waals surface area contributed by atoms with Crippen LogP contribution in [0.4, 0.5) is 17.2 Å². The average Bonchev–Trinajstić information content (AvgIpc) is 2.78. The van der Waals surface area contributed by atoms with E-state index in [1.165, 1.54) is 6.26 Å². The van der Waals surface area contributed by atoms with Crippen molar-refractivity contribution < 1.29 is 13.2 Å². The summed E-state index contributed by atoms with van der Waals surface area (Å²) in [5, 5.41) is 0. The van der Waals surface area contributed by atoms with Gasteiger partial charge in [-0.25, -0.2) is 18.1 Å². The highest BCUT2D eigenvalue weighted by Gasteiger charge is 2.35. The lowest BCUT2D eigenvalue weighted by Gasteiger charge is -2.32. The predicted octanol–water partition coefficient (Wildman–Crippen LogP) is 1.19. The Balaban J connectivity index is 2.39. The Morgan fingerprint density at radius 3 is 2.48 bits per heavy atom. The van der Waals surface area contributed by atoms with Gasteiger partial charge >= 0.3 is 0 Å². The summed E-state index contributed by atoms with van der Waals surface area (Å²) in [5.41, 5.74) is 9.31. The molecule has 0 aromatic carbocycles. The molecule has 2 rings (SSSR count). The van der Waals surface area contributed by atoms with E-state index in [4.69, 9.17) is 10.5 Å². The summed E-state index contributed by atoms with van der Waals surface area (Å²) >= 11 is 0. The van der Waals surface area contributed by atoms with Gasteiger partial charge in [0.25, 0.3) is 0 Å². The van der Waals surface area contributed by atoms with Gasteiger partial charge in [0, 0.05) is 24.4 Å². The third kappa shape index (κ3) is 4.53. The van der Waals surface area contributed by atoms with E-state index in [9.17, 15) is 8.42 Å². The first kappa shape index (κ1) is 19.7. The number of pyridine rings is 1. The van der Waals surface area contributed by atoms with Gasteiger partial charge in [-0.3, -0.25) is 0 Å². The molecule has 9 heteroatoms. The Labute approximate surface area is 150 Å². The van der Waals surface area contributed by atoms with Gasteiger partial charge in [0.1, 0.15) is 18.2 Å². The lowest BCUT2D eigenvalue weighted by molar-refractivity contribution is 0.148. The topological polar surface area (TPSA) is 101 Å². The molecule has 8 nitrogen and oxygen atoms in total. The molecular weight excluding hydrogens is 342 g/mol. The quantitative estimate of drug-likeness (QED) is 0.742. The summed E-state index contributed by atoms with van der Waals surface area (Å²) in [6.45, 7) is 11.7. The zero-order valence-electron chi connectivity index (χ0n) is 15.9. The van der Waals surface area contributed by atoms with E-state index in [1.807, 2.05) is 39.5 Å². The second kappa shape index (κ2) is 6.97. The van der Waals surface area contributed by atoms with Crippen molar-refractivity contribution in [1.29, 1.82) is 0 Å². The molecule has 1 aromatic heterocycles. The summed E-state index contributed by atoms with van der Waals surface area (Å²) in [5.74, 6) is 0.467. The second-order valence-corrected chi connectivity index (χ2v) is 8.91.